The van der Waals surface area contributed by atoms with Crippen LogP contribution in [0.25, 0.3) is 0 Å². The Bertz CT molecular complexity index is 586. The zero-order valence-electron chi connectivity index (χ0n) is 11.3. The molecule has 1 saturated heterocycles. The molecule has 0 spiro atoms. The van der Waals surface area contributed by atoms with Crippen LogP contribution >= 0.6 is 0 Å². The number of aromatic nitrogens is 3. The lowest BCUT2D eigenvalue weighted by Gasteiger charge is -2.18. The fourth-order valence-corrected chi connectivity index (χ4v) is 2.33. The van der Waals surface area contributed by atoms with E-state index in [0.29, 0.717) is 18.3 Å². The van der Waals surface area contributed by atoms with Crippen molar-refractivity contribution in [1.82, 2.24) is 15.0 Å². The van der Waals surface area contributed by atoms with Crippen molar-refractivity contribution in [3.05, 3.63) is 42.1 Å². The number of aryl methyl sites for hydroxylation is 1. The molecule has 1 unspecified atom stereocenters. The third kappa shape index (κ3) is 2.68. The van der Waals surface area contributed by atoms with Crippen LogP contribution in [0.4, 0.5) is 16.2 Å². The molecular weight excluding hydrogens is 257 g/mol. The maximum absolute atomic E-state index is 13.7. The molecule has 5 nitrogen and oxygen atoms in total. The summed E-state index contributed by atoms with van der Waals surface area (Å²) >= 11 is 0. The first-order valence-electron chi connectivity index (χ1n) is 6.63. The van der Waals surface area contributed by atoms with E-state index in [1.54, 1.807) is 24.7 Å². The minimum atomic E-state index is -0.278. The van der Waals surface area contributed by atoms with E-state index in [-0.39, 0.29) is 11.9 Å². The summed E-state index contributed by atoms with van der Waals surface area (Å²) in [6, 6.07) is 3.25. The van der Waals surface area contributed by atoms with Gasteiger partial charge in [-0.05, 0) is 31.0 Å². The number of hydrogen-bond donors (Lipinski definition) is 1. The molecular formula is C14H16FN5. The van der Waals surface area contributed by atoms with Crippen LogP contribution in [0.1, 0.15) is 12.0 Å². The smallest absolute Gasteiger partial charge is 0.222 e. The number of rotatable bonds is 3. The molecule has 1 aliphatic rings. The van der Waals surface area contributed by atoms with Gasteiger partial charge in [0, 0.05) is 37.7 Å². The molecule has 0 saturated carbocycles. The van der Waals surface area contributed by atoms with Crippen molar-refractivity contribution in [2.24, 2.45) is 0 Å². The van der Waals surface area contributed by atoms with Gasteiger partial charge < -0.3 is 10.2 Å². The van der Waals surface area contributed by atoms with Crippen molar-refractivity contribution in [2.45, 2.75) is 19.4 Å². The molecule has 2 aromatic rings. The number of anilines is 2. The third-order valence-corrected chi connectivity index (χ3v) is 3.34. The van der Waals surface area contributed by atoms with Gasteiger partial charge in [-0.25, -0.2) is 19.3 Å². The Morgan fingerprint density at radius 1 is 1.30 bits per heavy atom. The summed E-state index contributed by atoms with van der Waals surface area (Å²) in [5.41, 5.74) is 1.03. The van der Waals surface area contributed by atoms with Gasteiger partial charge in [0.1, 0.15) is 0 Å². The van der Waals surface area contributed by atoms with Crippen molar-refractivity contribution in [3.63, 3.8) is 0 Å². The van der Waals surface area contributed by atoms with Crippen LogP contribution in [-0.4, -0.2) is 34.1 Å². The summed E-state index contributed by atoms with van der Waals surface area (Å²) in [6.45, 7) is 3.42. The predicted molar refractivity (Wildman–Crippen MR) is 75.2 cm³/mol. The number of halogens is 1. The molecule has 1 N–H and O–H groups in total. The second-order valence-corrected chi connectivity index (χ2v) is 4.97. The molecule has 3 heterocycles. The minimum absolute atomic E-state index is 0.208. The molecule has 0 aromatic carbocycles. The van der Waals surface area contributed by atoms with E-state index in [2.05, 4.69) is 20.3 Å². The molecule has 104 valence electrons. The second kappa shape index (κ2) is 5.40. The van der Waals surface area contributed by atoms with E-state index in [0.717, 1.165) is 18.5 Å². The Morgan fingerprint density at radius 2 is 2.10 bits per heavy atom. The first kappa shape index (κ1) is 12.8. The molecule has 2 aromatic heterocycles. The van der Waals surface area contributed by atoms with Gasteiger partial charge in [-0.3, -0.25) is 0 Å². The number of hydrogen-bond acceptors (Lipinski definition) is 5. The standard InChI is InChI=1S/C14H16FN5/c1-10-7-17-14(18-8-10)19-11-4-6-20(9-11)13-12(15)3-2-5-16-13/h2-3,5,7-8,11H,4,6,9H2,1H3,(H,17,18,19). The molecule has 1 aliphatic heterocycles. The van der Waals surface area contributed by atoms with Crippen molar-refractivity contribution in [3.8, 4) is 0 Å². The topological polar surface area (TPSA) is 53.9 Å². The van der Waals surface area contributed by atoms with Gasteiger partial charge in [-0.1, -0.05) is 0 Å². The molecule has 0 amide bonds. The van der Waals surface area contributed by atoms with Crippen LogP contribution in [-0.2, 0) is 0 Å². The average Bonchev–Trinajstić information content (AvgIpc) is 2.90. The summed E-state index contributed by atoms with van der Waals surface area (Å²) < 4.78 is 13.7. The van der Waals surface area contributed by atoms with Crippen molar-refractivity contribution in [1.29, 1.82) is 0 Å². The fraction of sp³-hybridized carbons (Fsp3) is 0.357. The van der Waals surface area contributed by atoms with Crippen LogP contribution in [0.2, 0.25) is 0 Å². The van der Waals surface area contributed by atoms with Crippen molar-refractivity contribution >= 4 is 11.8 Å². The average molecular weight is 273 g/mol. The fourth-order valence-electron chi connectivity index (χ4n) is 2.33. The van der Waals surface area contributed by atoms with Gasteiger partial charge in [0.2, 0.25) is 5.95 Å². The first-order valence-corrected chi connectivity index (χ1v) is 6.63. The van der Waals surface area contributed by atoms with E-state index in [4.69, 9.17) is 0 Å². The van der Waals surface area contributed by atoms with E-state index in [1.807, 2.05) is 11.8 Å². The monoisotopic (exact) mass is 273 g/mol. The van der Waals surface area contributed by atoms with Crippen LogP contribution in [0.5, 0.6) is 0 Å². The van der Waals surface area contributed by atoms with Crippen LogP contribution < -0.4 is 10.2 Å². The zero-order valence-corrected chi connectivity index (χ0v) is 11.3. The SMILES string of the molecule is Cc1cnc(NC2CCN(c3ncccc3F)C2)nc1. The van der Waals surface area contributed by atoms with E-state index >= 15 is 0 Å². The summed E-state index contributed by atoms with van der Waals surface area (Å²) in [4.78, 5) is 14.5. The van der Waals surface area contributed by atoms with Crippen LogP contribution in [0.15, 0.2) is 30.7 Å². The second-order valence-electron chi connectivity index (χ2n) is 4.97. The Balaban J connectivity index is 1.65. The largest absolute Gasteiger partial charge is 0.352 e. The molecule has 20 heavy (non-hydrogen) atoms. The molecule has 0 aliphatic carbocycles. The maximum atomic E-state index is 13.7. The van der Waals surface area contributed by atoms with Gasteiger partial charge >= 0.3 is 0 Å². The quantitative estimate of drug-likeness (QED) is 0.927. The van der Waals surface area contributed by atoms with Crippen LogP contribution in [0.3, 0.4) is 0 Å². The Hall–Kier alpha value is -2.24. The Labute approximate surface area is 116 Å². The summed E-state index contributed by atoms with van der Waals surface area (Å²) in [7, 11) is 0. The summed E-state index contributed by atoms with van der Waals surface area (Å²) in [6.07, 6.45) is 6.08. The maximum Gasteiger partial charge on any atom is 0.222 e. The Morgan fingerprint density at radius 3 is 2.85 bits per heavy atom. The molecule has 0 bridgehead atoms. The summed E-state index contributed by atoms with van der Waals surface area (Å²) in [5.74, 6) is 0.755. The Kier molecular flexibility index (Phi) is 3.45. The van der Waals surface area contributed by atoms with E-state index in [9.17, 15) is 4.39 Å². The summed E-state index contributed by atoms with van der Waals surface area (Å²) in [5, 5.41) is 3.27. The van der Waals surface area contributed by atoms with Gasteiger partial charge in [-0.2, -0.15) is 0 Å². The zero-order chi connectivity index (χ0) is 13.9. The molecule has 1 atom stereocenters. The van der Waals surface area contributed by atoms with Gasteiger partial charge in [0.05, 0.1) is 0 Å². The molecule has 1 fully saturated rings. The van der Waals surface area contributed by atoms with Gasteiger partial charge in [-0.15, -0.1) is 0 Å². The number of nitrogens with zero attached hydrogens (tertiary/aromatic N) is 4. The predicted octanol–water partition coefficient (Wildman–Crippen LogP) is 2.01. The lowest BCUT2D eigenvalue weighted by atomic mass is 10.3. The highest BCUT2D eigenvalue weighted by atomic mass is 19.1. The van der Waals surface area contributed by atoms with E-state index < -0.39 is 0 Å². The lowest BCUT2D eigenvalue weighted by molar-refractivity contribution is 0.615. The van der Waals surface area contributed by atoms with Crippen molar-refractivity contribution in [2.75, 3.05) is 23.3 Å². The van der Waals surface area contributed by atoms with E-state index in [1.165, 1.54) is 6.07 Å². The molecule has 6 heteroatoms. The number of pyridine rings is 1. The normalized spacial score (nSPS) is 18.3. The van der Waals surface area contributed by atoms with Crippen molar-refractivity contribution < 1.29 is 4.39 Å². The number of nitrogens with one attached hydrogen (secondary N) is 1. The highest BCUT2D eigenvalue weighted by Gasteiger charge is 2.25. The first-order chi connectivity index (χ1) is 9.72. The highest BCUT2D eigenvalue weighted by molar-refractivity contribution is 5.42. The van der Waals surface area contributed by atoms with Gasteiger partial charge in [0.25, 0.3) is 0 Å². The molecule has 3 rings (SSSR count). The third-order valence-electron chi connectivity index (χ3n) is 3.34. The minimum Gasteiger partial charge on any atom is -0.352 e. The molecule has 0 radical (unpaired) electrons. The van der Waals surface area contributed by atoms with Gasteiger partial charge in [0.15, 0.2) is 11.6 Å². The van der Waals surface area contributed by atoms with Crippen LogP contribution in [0, 0.1) is 12.7 Å². The lowest BCUT2D eigenvalue weighted by Crippen LogP contribution is -2.27. The highest BCUT2D eigenvalue weighted by Crippen LogP contribution is 2.22.